The van der Waals surface area contributed by atoms with Crippen molar-refractivity contribution in [1.82, 2.24) is 15.5 Å². The number of ether oxygens (including phenoxy) is 1. The molecular weight excluding hydrogens is 388 g/mol. The molecule has 0 fully saturated rings. The molecule has 0 spiro atoms. The lowest BCUT2D eigenvalue weighted by Gasteiger charge is -2.31. The van der Waals surface area contributed by atoms with E-state index in [2.05, 4.69) is 10.6 Å². The SMILES string of the molecule is Cc1cccc(C(C(=O)NC(C)C)N(CC#N)C(=O)CNC(=O)OC(C)(C)C)c1O. The van der Waals surface area contributed by atoms with Crippen molar-refractivity contribution in [2.24, 2.45) is 0 Å². The Hall–Kier alpha value is -3.28. The molecule has 1 rings (SSSR count). The molecule has 9 nitrogen and oxygen atoms in total. The standard InChI is InChI=1S/C21H30N4O5/c1-13(2)24-19(28)17(15-9-7-8-14(3)18(15)27)25(11-10-22)16(26)12-23-20(29)30-21(4,5)6/h7-9,13,17,27H,11-12H2,1-6H3,(H,23,29)(H,24,28). The van der Waals surface area contributed by atoms with Gasteiger partial charge in [0.05, 0.1) is 6.07 Å². The van der Waals surface area contributed by atoms with Gasteiger partial charge in [-0.2, -0.15) is 5.26 Å². The number of para-hydroxylation sites is 1. The molecule has 0 aliphatic heterocycles. The molecule has 0 aliphatic carbocycles. The molecule has 1 atom stereocenters. The van der Waals surface area contributed by atoms with Gasteiger partial charge in [0.1, 0.15) is 30.5 Å². The predicted octanol–water partition coefficient (Wildman–Crippen LogP) is 2.14. The number of rotatable bonds is 7. The lowest BCUT2D eigenvalue weighted by molar-refractivity contribution is -0.139. The first-order chi connectivity index (χ1) is 13.9. The summed E-state index contributed by atoms with van der Waals surface area (Å²) < 4.78 is 5.10. The Labute approximate surface area is 177 Å². The van der Waals surface area contributed by atoms with Crippen LogP contribution < -0.4 is 10.6 Å². The van der Waals surface area contributed by atoms with E-state index < -0.39 is 42.6 Å². The minimum absolute atomic E-state index is 0.141. The van der Waals surface area contributed by atoms with E-state index in [4.69, 9.17) is 4.74 Å². The maximum atomic E-state index is 12.9. The second-order valence-electron chi connectivity index (χ2n) is 8.11. The van der Waals surface area contributed by atoms with Gasteiger partial charge in [0, 0.05) is 11.6 Å². The van der Waals surface area contributed by atoms with Crippen molar-refractivity contribution < 1.29 is 24.2 Å². The van der Waals surface area contributed by atoms with Crippen LogP contribution in [0.15, 0.2) is 18.2 Å². The molecule has 1 aromatic rings. The lowest BCUT2D eigenvalue weighted by atomic mass is 9.99. The third-order valence-corrected chi connectivity index (χ3v) is 3.90. The maximum absolute atomic E-state index is 12.9. The van der Waals surface area contributed by atoms with Gasteiger partial charge in [-0.25, -0.2) is 4.79 Å². The first kappa shape index (κ1) is 24.8. The lowest BCUT2D eigenvalue weighted by Crippen LogP contribution is -2.49. The molecule has 1 aromatic carbocycles. The highest BCUT2D eigenvalue weighted by atomic mass is 16.6. The number of phenols is 1. The van der Waals surface area contributed by atoms with Crippen LogP contribution in [-0.4, -0.2) is 52.6 Å². The van der Waals surface area contributed by atoms with Crippen LogP contribution in [-0.2, 0) is 14.3 Å². The van der Waals surface area contributed by atoms with Gasteiger partial charge in [0.2, 0.25) is 11.8 Å². The molecule has 0 radical (unpaired) electrons. The van der Waals surface area contributed by atoms with Gasteiger partial charge in [-0.15, -0.1) is 0 Å². The first-order valence-electron chi connectivity index (χ1n) is 9.59. The second-order valence-corrected chi connectivity index (χ2v) is 8.11. The van der Waals surface area contributed by atoms with Gasteiger partial charge < -0.3 is 25.4 Å². The average Bonchev–Trinajstić information content (AvgIpc) is 2.60. The van der Waals surface area contributed by atoms with E-state index in [9.17, 15) is 24.8 Å². The van der Waals surface area contributed by atoms with E-state index in [1.165, 1.54) is 6.07 Å². The Bertz CT molecular complexity index is 824. The fourth-order valence-corrected chi connectivity index (χ4v) is 2.68. The van der Waals surface area contributed by atoms with Crippen molar-refractivity contribution in [3.63, 3.8) is 0 Å². The molecule has 164 valence electrons. The maximum Gasteiger partial charge on any atom is 0.408 e. The predicted molar refractivity (Wildman–Crippen MR) is 110 cm³/mol. The number of carbonyl (C=O) groups is 3. The number of phenolic OH excluding ortho intramolecular Hbond substituents is 1. The van der Waals surface area contributed by atoms with Crippen molar-refractivity contribution in [2.45, 2.75) is 59.2 Å². The molecule has 0 bridgehead atoms. The summed E-state index contributed by atoms with van der Waals surface area (Å²) in [5.41, 5.74) is -0.0351. The summed E-state index contributed by atoms with van der Waals surface area (Å²) in [6, 6.07) is 5.22. The summed E-state index contributed by atoms with van der Waals surface area (Å²) >= 11 is 0. The third-order valence-electron chi connectivity index (χ3n) is 3.90. The van der Waals surface area contributed by atoms with Crippen LogP contribution in [0.25, 0.3) is 0 Å². The highest BCUT2D eigenvalue weighted by Gasteiger charge is 2.34. The number of hydrogen-bond donors (Lipinski definition) is 3. The van der Waals surface area contributed by atoms with Gasteiger partial charge in [-0.1, -0.05) is 18.2 Å². The molecular formula is C21H30N4O5. The Morgan fingerprint density at radius 1 is 1.27 bits per heavy atom. The Morgan fingerprint density at radius 2 is 1.90 bits per heavy atom. The van der Waals surface area contributed by atoms with Crippen LogP contribution in [0.2, 0.25) is 0 Å². The van der Waals surface area contributed by atoms with Crippen LogP contribution in [0.4, 0.5) is 4.79 Å². The monoisotopic (exact) mass is 418 g/mol. The summed E-state index contributed by atoms with van der Waals surface area (Å²) in [7, 11) is 0. The van der Waals surface area contributed by atoms with E-state index in [1.807, 2.05) is 6.07 Å². The normalized spacial score (nSPS) is 11.9. The number of hydrogen-bond acceptors (Lipinski definition) is 6. The fraction of sp³-hybridized carbons (Fsp3) is 0.524. The minimum atomic E-state index is -1.25. The summed E-state index contributed by atoms with van der Waals surface area (Å²) in [5, 5.41) is 24.8. The molecule has 3 N–H and O–H groups in total. The topological polar surface area (TPSA) is 132 Å². The molecule has 0 aromatic heterocycles. The Kier molecular flexibility index (Phi) is 8.65. The van der Waals surface area contributed by atoms with Crippen LogP contribution in [0.3, 0.4) is 0 Å². The van der Waals surface area contributed by atoms with Crippen molar-refractivity contribution in [3.8, 4) is 11.8 Å². The molecule has 0 saturated heterocycles. The van der Waals surface area contributed by atoms with Gasteiger partial charge >= 0.3 is 6.09 Å². The number of nitrogens with zero attached hydrogens (tertiary/aromatic N) is 2. The van der Waals surface area contributed by atoms with Crippen LogP contribution in [0, 0.1) is 18.3 Å². The molecule has 3 amide bonds. The number of carbonyl (C=O) groups excluding carboxylic acids is 3. The van der Waals surface area contributed by atoms with E-state index in [-0.39, 0.29) is 17.4 Å². The molecule has 9 heteroatoms. The summed E-state index contributed by atoms with van der Waals surface area (Å²) in [4.78, 5) is 38.7. The number of nitrogens with one attached hydrogen (secondary N) is 2. The van der Waals surface area contributed by atoms with Gasteiger partial charge in [0.15, 0.2) is 0 Å². The van der Waals surface area contributed by atoms with Gasteiger partial charge in [-0.3, -0.25) is 9.59 Å². The molecule has 30 heavy (non-hydrogen) atoms. The first-order valence-corrected chi connectivity index (χ1v) is 9.59. The number of alkyl carbamates (subject to hydrolysis) is 1. The average molecular weight is 418 g/mol. The van der Waals surface area contributed by atoms with E-state index in [0.717, 1.165) is 4.90 Å². The van der Waals surface area contributed by atoms with Crippen molar-refractivity contribution in [3.05, 3.63) is 29.3 Å². The number of benzene rings is 1. The third kappa shape index (κ3) is 7.28. The van der Waals surface area contributed by atoms with E-state index in [1.54, 1.807) is 53.7 Å². The highest BCUT2D eigenvalue weighted by Crippen LogP contribution is 2.31. The highest BCUT2D eigenvalue weighted by molar-refractivity contribution is 5.91. The zero-order chi connectivity index (χ0) is 23.1. The number of aryl methyl sites for hydroxylation is 1. The smallest absolute Gasteiger partial charge is 0.408 e. The van der Waals surface area contributed by atoms with Crippen molar-refractivity contribution in [2.75, 3.05) is 13.1 Å². The Balaban J connectivity index is 3.22. The molecule has 0 aliphatic rings. The Morgan fingerprint density at radius 3 is 2.43 bits per heavy atom. The fourth-order valence-electron chi connectivity index (χ4n) is 2.68. The minimum Gasteiger partial charge on any atom is -0.507 e. The summed E-state index contributed by atoms with van der Waals surface area (Å²) in [5.74, 6) is -1.36. The number of aromatic hydroxyl groups is 1. The van der Waals surface area contributed by atoms with Crippen LogP contribution in [0.5, 0.6) is 5.75 Å². The van der Waals surface area contributed by atoms with Gasteiger partial charge in [0.25, 0.3) is 0 Å². The molecule has 1 unspecified atom stereocenters. The van der Waals surface area contributed by atoms with Crippen molar-refractivity contribution in [1.29, 1.82) is 5.26 Å². The van der Waals surface area contributed by atoms with E-state index in [0.29, 0.717) is 5.56 Å². The largest absolute Gasteiger partial charge is 0.507 e. The number of nitriles is 1. The van der Waals surface area contributed by atoms with Crippen LogP contribution in [0.1, 0.15) is 51.8 Å². The quantitative estimate of drug-likeness (QED) is 0.581. The van der Waals surface area contributed by atoms with Gasteiger partial charge in [-0.05, 0) is 47.1 Å². The zero-order valence-corrected chi connectivity index (χ0v) is 18.3. The zero-order valence-electron chi connectivity index (χ0n) is 18.3. The summed E-state index contributed by atoms with van der Waals surface area (Å²) in [6.07, 6.45) is -0.797. The van der Waals surface area contributed by atoms with Crippen molar-refractivity contribution >= 4 is 17.9 Å². The number of amides is 3. The van der Waals surface area contributed by atoms with E-state index >= 15 is 0 Å². The van der Waals surface area contributed by atoms with Crippen LogP contribution >= 0.6 is 0 Å². The second kappa shape index (κ2) is 10.5. The summed E-state index contributed by atoms with van der Waals surface area (Å²) in [6.45, 7) is 9.33. The molecule has 0 heterocycles. The molecule has 0 saturated carbocycles.